The first-order valence-electron chi connectivity index (χ1n) is 21.4. The molecule has 2 aromatic rings. The quantitative estimate of drug-likeness (QED) is 0.301. The number of likely N-dealkylation sites (N-methyl/N-ethyl adjacent to an activating group) is 1. The number of carbonyl (C=O) groups is 4. The first kappa shape index (κ1) is 44.8. The van der Waals surface area contributed by atoms with Crippen LogP contribution in [0.25, 0.3) is 10.9 Å². The molecule has 1 saturated heterocycles. The lowest BCUT2D eigenvalue weighted by atomic mass is 9.76. The van der Waals surface area contributed by atoms with E-state index in [0.29, 0.717) is 62.8 Å². The van der Waals surface area contributed by atoms with Gasteiger partial charge in [0, 0.05) is 42.9 Å². The van der Waals surface area contributed by atoms with Crippen molar-refractivity contribution in [3.63, 3.8) is 0 Å². The Hall–Kier alpha value is -4.29. The van der Waals surface area contributed by atoms with Gasteiger partial charge in [0.05, 0.1) is 27.8 Å². The van der Waals surface area contributed by atoms with Crippen LogP contribution < -0.4 is 14.8 Å². The summed E-state index contributed by atoms with van der Waals surface area (Å²) < 4.78 is 61.2. The lowest BCUT2D eigenvalue weighted by Gasteiger charge is -2.49. The molecule has 1 unspecified atom stereocenters. The highest BCUT2D eigenvalue weighted by Crippen LogP contribution is 2.54. The average Bonchev–Trinajstić information content (AvgIpc) is 4.10. The van der Waals surface area contributed by atoms with Gasteiger partial charge in [0.15, 0.2) is 0 Å². The number of hydrogen-bond donors (Lipinski definition) is 3. The van der Waals surface area contributed by atoms with Gasteiger partial charge in [-0.2, -0.15) is 0 Å². The molecule has 2 saturated carbocycles. The maximum absolute atomic E-state index is 15.7. The van der Waals surface area contributed by atoms with Gasteiger partial charge in [-0.3, -0.25) is 24.0 Å². The van der Waals surface area contributed by atoms with E-state index in [9.17, 15) is 31.5 Å². The largest absolute Gasteiger partial charge is 0.483 e. The number of nitrogens with zero attached hydrogens (tertiary/aromatic N) is 4. The first-order chi connectivity index (χ1) is 28.5. The zero-order valence-electron chi connectivity index (χ0n) is 36.2. The van der Waals surface area contributed by atoms with Crippen molar-refractivity contribution in [2.75, 3.05) is 19.8 Å². The summed E-state index contributed by atoms with van der Waals surface area (Å²) in [7, 11) is -6.42. The number of pyridine rings is 1. The van der Waals surface area contributed by atoms with Crippen molar-refractivity contribution in [3.8, 4) is 5.75 Å². The second kappa shape index (κ2) is 15.8. The van der Waals surface area contributed by atoms with Crippen molar-refractivity contribution in [1.29, 1.82) is 0 Å². The predicted octanol–water partition coefficient (Wildman–Crippen LogP) is 4.40. The fourth-order valence-corrected chi connectivity index (χ4v) is 11.6. The minimum atomic E-state index is -4.07. The monoisotopic (exact) mass is 884 g/mol. The van der Waals surface area contributed by atoms with E-state index in [1.165, 1.54) is 11.9 Å². The van der Waals surface area contributed by atoms with Gasteiger partial charge in [-0.25, -0.2) is 30.9 Å². The van der Waals surface area contributed by atoms with E-state index in [2.05, 4.69) is 10.0 Å². The fourth-order valence-electron chi connectivity index (χ4n) is 9.87. The average molecular weight is 885 g/mol. The smallest absolute Gasteiger partial charge is 0.408 e. The van der Waals surface area contributed by atoms with Crippen molar-refractivity contribution in [2.24, 2.45) is 5.92 Å². The second-order valence-electron chi connectivity index (χ2n) is 18.6. The minimum absolute atomic E-state index is 0.0222. The van der Waals surface area contributed by atoms with Gasteiger partial charge in [0.1, 0.15) is 29.0 Å². The molecule has 3 aliphatic heterocycles. The molecule has 334 valence electrons. The van der Waals surface area contributed by atoms with Crippen LogP contribution in [0.3, 0.4) is 0 Å². The molecular formula is C43H60N6O10S2. The van der Waals surface area contributed by atoms with E-state index >= 15 is 9.59 Å². The highest BCUT2D eigenvalue weighted by molar-refractivity contribution is 7.91. The Morgan fingerprint density at radius 2 is 1.77 bits per heavy atom. The molecular weight excluding hydrogens is 825 g/mol. The van der Waals surface area contributed by atoms with Crippen LogP contribution in [-0.4, -0.2) is 124 Å². The van der Waals surface area contributed by atoms with Gasteiger partial charge in [0.2, 0.25) is 31.9 Å². The maximum Gasteiger partial charge on any atom is 0.408 e. The molecule has 1 aromatic heterocycles. The lowest BCUT2D eigenvalue weighted by Crippen LogP contribution is -2.65. The van der Waals surface area contributed by atoms with E-state index in [1.807, 2.05) is 57.2 Å². The molecule has 0 bridgehead atoms. The molecule has 1 spiro atoms. The molecule has 4 heterocycles. The van der Waals surface area contributed by atoms with Crippen LogP contribution in [0.15, 0.2) is 36.4 Å². The number of aromatic nitrogens is 1. The first-order valence-corrected chi connectivity index (χ1v) is 24.7. The second-order valence-corrected chi connectivity index (χ2v) is 22.9. The van der Waals surface area contributed by atoms with Gasteiger partial charge < -0.3 is 20.1 Å². The Morgan fingerprint density at radius 3 is 2.43 bits per heavy atom. The van der Waals surface area contributed by atoms with Crippen LogP contribution in [0.1, 0.15) is 110 Å². The number of para-hydroxylation sites is 1. The number of hydrogen-bond acceptors (Lipinski definition) is 10. The van der Waals surface area contributed by atoms with Crippen molar-refractivity contribution < 1.29 is 45.9 Å². The zero-order valence-corrected chi connectivity index (χ0v) is 37.8. The maximum atomic E-state index is 15.7. The SMILES string of the molecule is CCC(CN(C)S(C)(=O)=O)N(C(=O)O)[C@H]1CCCCC/C=C\[C@@H]2C[C@@]2(C(=O)NS(=O)(=O)C2(C)CC2)NC(=O)[C@@H]2C[C@]3(CCc4c(c(C)nc5ccccc45)O3)C(C)(C)N2C1=O. The summed E-state index contributed by atoms with van der Waals surface area (Å²) in [6.45, 7) is 8.58. The van der Waals surface area contributed by atoms with Gasteiger partial charge in [0.25, 0.3) is 5.91 Å². The van der Waals surface area contributed by atoms with Gasteiger partial charge >= 0.3 is 6.09 Å². The number of benzene rings is 1. The molecule has 4 amide bonds. The number of carboxylic acid groups (broad SMARTS) is 1. The molecule has 2 aliphatic carbocycles. The molecule has 1 aromatic carbocycles. The third-order valence-electron chi connectivity index (χ3n) is 14.3. The molecule has 3 N–H and O–H groups in total. The number of ether oxygens (including phenoxy) is 1. The lowest BCUT2D eigenvalue weighted by molar-refractivity contribution is -0.151. The minimum Gasteiger partial charge on any atom is -0.483 e. The molecule has 3 fully saturated rings. The third kappa shape index (κ3) is 7.89. The van der Waals surface area contributed by atoms with Crippen LogP contribution in [0, 0.1) is 12.8 Å². The number of allylic oxidation sites excluding steroid dienone is 1. The highest BCUT2D eigenvalue weighted by atomic mass is 32.2. The molecule has 61 heavy (non-hydrogen) atoms. The summed E-state index contributed by atoms with van der Waals surface area (Å²) in [6, 6.07) is 4.23. The Labute approximate surface area is 358 Å². The molecule has 18 heteroatoms. The van der Waals surface area contributed by atoms with Crippen molar-refractivity contribution in [1.82, 2.24) is 29.1 Å². The van der Waals surface area contributed by atoms with E-state index < -0.39 is 89.3 Å². The summed E-state index contributed by atoms with van der Waals surface area (Å²) in [5.74, 6) is -2.14. The number of aryl methyl sites for hydroxylation is 2. The predicted molar refractivity (Wildman–Crippen MR) is 229 cm³/mol. The number of rotatable bonds is 9. The summed E-state index contributed by atoms with van der Waals surface area (Å²) >= 11 is 0. The van der Waals surface area contributed by atoms with Crippen LogP contribution >= 0.6 is 0 Å². The zero-order chi connectivity index (χ0) is 44.5. The number of nitrogens with one attached hydrogen (secondary N) is 2. The van der Waals surface area contributed by atoms with Crippen LogP contribution in [-0.2, 0) is 40.9 Å². The van der Waals surface area contributed by atoms with Crippen molar-refractivity contribution in [3.05, 3.63) is 47.7 Å². The summed E-state index contributed by atoms with van der Waals surface area (Å²) in [6.07, 6.45) is 7.88. The molecule has 16 nitrogen and oxygen atoms in total. The van der Waals surface area contributed by atoms with E-state index in [-0.39, 0.29) is 32.2 Å². The standard InChI is InChI=1S/C43H60N6O10S2/c1-8-29(26-47(6)60(7,55)56)48(39(53)54)33-19-13-11-9-10-12-16-28-24-43(28,38(52)46-61(57,58)41(5)22-23-41)45-36(50)34-25-42(40(3,4)49(34)37(33)51)21-20-31-30-17-14-15-18-32(30)44-27(2)35(31)59-42/h12,14-18,28-29,33-34H,8-11,13,19-26H2,1-7H3,(H,45,50)(H,46,52)(H,53,54)/b16-12-/t28-,29?,33+,34+,42-,43-/m1/s1. The number of carbonyl (C=O) groups excluding carboxylic acids is 3. The summed E-state index contributed by atoms with van der Waals surface area (Å²) in [5, 5.41) is 14.8. The van der Waals surface area contributed by atoms with Crippen LogP contribution in [0.5, 0.6) is 5.75 Å². The fraction of sp³-hybridized carbons (Fsp3) is 0.651. The normalized spacial score (nSPS) is 29.5. The topological polar surface area (TPSA) is 213 Å². The highest BCUT2D eigenvalue weighted by Gasteiger charge is 2.67. The van der Waals surface area contributed by atoms with E-state index in [4.69, 9.17) is 9.72 Å². The Morgan fingerprint density at radius 1 is 1.07 bits per heavy atom. The van der Waals surface area contributed by atoms with Crippen LogP contribution in [0.4, 0.5) is 4.79 Å². The van der Waals surface area contributed by atoms with Crippen molar-refractivity contribution in [2.45, 2.75) is 151 Å². The van der Waals surface area contributed by atoms with Crippen molar-refractivity contribution >= 4 is 54.8 Å². The number of fused-ring (bicyclic) bond motifs is 5. The van der Waals surface area contributed by atoms with Crippen LogP contribution in [0.2, 0.25) is 0 Å². The van der Waals surface area contributed by atoms with E-state index in [1.54, 1.807) is 13.8 Å². The molecule has 0 radical (unpaired) electrons. The Kier molecular flexibility index (Phi) is 11.6. The third-order valence-corrected chi connectivity index (χ3v) is 17.8. The van der Waals surface area contributed by atoms with E-state index in [0.717, 1.165) is 31.9 Å². The summed E-state index contributed by atoms with van der Waals surface area (Å²) in [5.41, 5.74) is -1.69. The van der Waals surface area contributed by atoms with Gasteiger partial charge in [-0.1, -0.05) is 50.1 Å². The summed E-state index contributed by atoms with van der Waals surface area (Å²) in [4.78, 5) is 65.7. The molecule has 7 rings (SSSR count). The van der Waals surface area contributed by atoms with Gasteiger partial charge in [-0.05, 0) is 91.5 Å². The Balaban J connectivity index is 1.33. The molecule has 6 atom stereocenters. The number of sulfonamides is 2. The number of amides is 4. The van der Waals surface area contributed by atoms with Gasteiger partial charge in [-0.15, -0.1) is 0 Å². The Bertz CT molecular complexity index is 2380. The molecule has 5 aliphatic rings.